The molecule has 2 aromatic heterocycles. The van der Waals surface area contributed by atoms with Gasteiger partial charge in [-0.2, -0.15) is 5.10 Å². The van der Waals surface area contributed by atoms with Crippen LogP contribution in [0, 0.1) is 6.92 Å². The normalized spacial score (nSPS) is 14.3. The molecule has 9 heteroatoms. The van der Waals surface area contributed by atoms with Gasteiger partial charge in [0.15, 0.2) is 0 Å². The Morgan fingerprint density at radius 3 is 2.51 bits per heavy atom. The van der Waals surface area contributed by atoms with Crippen LogP contribution in [0.15, 0.2) is 54.9 Å². The Balaban J connectivity index is 1.33. The third-order valence-electron chi connectivity index (χ3n) is 7.52. The highest BCUT2D eigenvalue weighted by Gasteiger charge is 2.32. The van der Waals surface area contributed by atoms with E-state index in [-0.39, 0.29) is 17.9 Å². The lowest BCUT2D eigenvalue weighted by atomic mass is 9.90. The molecule has 5 rings (SSSR count). The summed E-state index contributed by atoms with van der Waals surface area (Å²) in [5.41, 5.74) is 5.12. The number of methoxy groups -OCH3 is 1. The summed E-state index contributed by atoms with van der Waals surface area (Å²) in [5.74, 6) is 0.720. The van der Waals surface area contributed by atoms with E-state index in [2.05, 4.69) is 15.4 Å². The van der Waals surface area contributed by atoms with Crippen molar-refractivity contribution < 1.29 is 19.1 Å². The van der Waals surface area contributed by atoms with Crippen molar-refractivity contribution in [3.8, 4) is 11.4 Å². The summed E-state index contributed by atoms with van der Waals surface area (Å²) in [4.78, 5) is 31.2. The summed E-state index contributed by atoms with van der Waals surface area (Å²) >= 11 is 0. The minimum absolute atomic E-state index is 0.0688. The van der Waals surface area contributed by atoms with Gasteiger partial charge in [0.05, 0.1) is 30.3 Å². The summed E-state index contributed by atoms with van der Waals surface area (Å²) in [6, 6.07) is 14.1. The van der Waals surface area contributed by atoms with Gasteiger partial charge in [0.1, 0.15) is 11.4 Å². The molecule has 4 aromatic rings. The smallest absolute Gasteiger partial charge is 0.410 e. The number of nitrogens with one attached hydrogen (secondary N) is 2. The minimum Gasteiger partial charge on any atom is -0.497 e. The second-order valence-corrected chi connectivity index (χ2v) is 11.7. The molecule has 1 saturated heterocycles. The van der Waals surface area contributed by atoms with Crippen molar-refractivity contribution in [2.24, 2.45) is 0 Å². The van der Waals surface area contributed by atoms with E-state index in [0.29, 0.717) is 44.5 Å². The van der Waals surface area contributed by atoms with Gasteiger partial charge >= 0.3 is 6.09 Å². The Hall–Kier alpha value is -4.27. The fourth-order valence-electron chi connectivity index (χ4n) is 5.38. The summed E-state index contributed by atoms with van der Waals surface area (Å²) in [7, 11) is 1.66. The summed E-state index contributed by atoms with van der Waals surface area (Å²) in [6.45, 7) is 9.26. The second-order valence-electron chi connectivity index (χ2n) is 11.7. The molecule has 0 saturated carbocycles. The number of likely N-dealkylation sites (tertiary alicyclic amines) is 1. The monoisotopic (exact) mass is 557 g/mol. The largest absolute Gasteiger partial charge is 0.497 e. The van der Waals surface area contributed by atoms with Crippen LogP contribution < -0.4 is 10.1 Å². The zero-order valence-corrected chi connectivity index (χ0v) is 24.5. The van der Waals surface area contributed by atoms with Gasteiger partial charge in [-0.05, 0) is 82.9 Å². The lowest BCUT2D eigenvalue weighted by Crippen LogP contribution is -2.41. The fourth-order valence-corrected chi connectivity index (χ4v) is 5.38. The molecular formula is C32H39N5O4. The Bertz CT molecular complexity index is 1520. The van der Waals surface area contributed by atoms with E-state index >= 15 is 0 Å². The molecule has 0 radical (unpaired) electrons. The van der Waals surface area contributed by atoms with E-state index in [9.17, 15) is 9.59 Å². The number of carbonyl (C=O) groups excluding carboxylic acids is 2. The van der Waals surface area contributed by atoms with Crippen molar-refractivity contribution >= 4 is 22.9 Å². The van der Waals surface area contributed by atoms with Gasteiger partial charge < -0.3 is 24.7 Å². The van der Waals surface area contributed by atoms with E-state index in [1.54, 1.807) is 18.2 Å². The van der Waals surface area contributed by atoms with Gasteiger partial charge in [-0.15, -0.1) is 0 Å². The number of hydrogen-bond acceptors (Lipinski definition) is 5. The first kappa shape index (κ1) is 28.3. The first-order valence-corrected chi connectivity index (χ1v) is 14.2. The number of piperidine rings is 1. The Kier molecular flexibility index (Phi) is 8.06. The number of aromatic nitrogens is 3. The molecule has 1 aliphatic heterocycles. The molecule has 0 aliphatic carbocycles. The van der Waals surface area contributed by atoms with Crippen LogP contribution >= 0.6 is 0 Å². The SMILES string of the molecule is COc1ccc2[nH]cc(CCNC(=O)c3cnn(-c4ccc(C)cc4)c3C3CCN(C(=O)OC(C)(C)C)CC3)c2c1. The van der Waals surface area contributed by atoms with Crippen LogP contribution in [0.25, 0.3) is 16.6 Å². The van der Waals surface area contributed by atoms with Crippen LogP contribution in [0.3, 0.4) is 0 Å². The van der Waals surface area contributed by atoms with E-state index in [4.69, 9.17) is 9.47 Å². The number of ether oxygens (including phenoxy) is 2. The van der Waals surface area contributed by atoms with Crippen molar-refractivity contribution in [3.05, 3.63) is 77.2 Å². The molecule has 0 unspecified atom stereocenters. The maximum absolute atomic E-state index is 13.6. The molecule has 3 heterocycles. The Morgan fingerprint density at radius 1 is 1.10 bits per heavy atom. The summed E-state index contributed by atoms with van der Waals surface area (Å²) < 4.78 is 12.8. The van der Waals surface area contributed by atoms with Crippen molar-refractivity contribution in [1.29, 1.82) is 0 Å². The Morgan fingerprint density at radius 2 is 1.83 bits per heavy atom. The van der Waals surface area contributed by atoms with E-state index < -0.39 is 5.60 Å². The minimum atomic E-state index is -0.540. The van der Waals surface area contributed by atoms with E-state index in [1.165, 1.54) is 0 Å². The van der Waals surface area contributed by atoms with Crippen molar-refractivity contribution in [2.75, 3.05) is 26.7 Å². The van der Waals surface area contributed by atoms with E-state index in [0.717, 1.165) is 39.2 Å². The van der Waals surface area contributed by atoms with Crippen LogP contribution in [0.2, 0.25) is 0 Å². The number of rotatable bonds is 7. The molecule has 9 nitrogen and oxygen atoms in total. The Labute approximate surface area is 240 Å². The lowest BCUT2D eigenvalue weighted by molar-refractivity contribution is 0.0203. The molecular weight excluding hydrogens is 518 g/mol. The van der Waals surface area contributed by atoms with Crippen LogP contribution in [0.1, 0.15) is 66.7 Å². The molecule has 2 amide bonds. The molecule has 0 spiro atoms. The summed E-state index contributed by atoms with van der Waals surface area (Å²) in [5, 5.41) is 8.87. The van der Waals surface area contributed by atoms with Crippen LogP contribution in [-0.2, 0) is 11.2 Å². The van der Waals surface area contributed by atoms with Gasteiger partial charge in [0, 0.05) is 42.7 Å². The molecule has 0 bridgehead atoms. The highest BCUT2D eigenvalue weighted by atomic mass is 16.6. The zero-order chi connectivity index (χ0) is 29.1. The molecule has 41 heavy (non-hydrogen) atoms. The molecule has 2 aromatic carbocycles. The quantitative estimate of drug-likeness (QED) is 0.301. The van der Waals surface area contributed by atoms with Gasteiger partial charge in [-0.1, -0.05) is 17.7 Å². The van der Waals surface area contributed by atoms with Crippen LogP contribution in [-0.4, -0.2) is 64.0 Å². The van der Waals surface area contributed by atoms with Crippen LogP contribution in [0.5, 0.6) is 5.75 Å². The molecule has 216 valence electrons. The highest BCUT2D eigenvalue weighted by Crippen LogP contribution is 2.33. The first-order valence-electron chi connectivity index (χ1n) is 14.2. The molecule has 1 aliphatic rings. The number of hydrogen-bond donors (Lipinski definition) is 2. The van der Waals surface area contributed by atoms with Crippen molar-refractivity contribution in [3.63, 3.8) is 0 Å². The average molecular weight is 558 g/mol. The van der Waals surface area contributed by atoms with Crippen molar-refractivity contribution in [1.82, 2.24) is 25.0 Å². The summed E-state index contributed by atoms with van der Waals surface area (Å²) in [6.07, 6.45) is 5.46. The van der Waals surface area contributed by atoms with E-state index in [1.807, 2.05) is 81.0 Å². The van der Waals surface area contributed by atoms with Gasteiger partial charge in [0.2, 0.25) is 0 Å². The highest BCUT2D eigenvalue weighted by molar-refractivity contribution is 5.95. The topological polar surface area (TPSA) is 101 Å². The van der Waals surface area contributed by atoms with Crippen LogP contribution in [0.4, 0.5) is 4.79 Å². The molecule has 1 fully saturated rings. The predicted octanol–water partition coefficient (Wildman–Crippen LogP) is 5.76. The molecule has 2 N–H and O–H groups in total. The fraction of sp³-hybridized carbons (Fsp3) is 0.406. The number of H-pyrrole nitrogens is 1. The van der Waals surface area contributed by atoms with Gasteiger partial charge in [-0.25, -0.2) is 9.48 Å². The number of nitrogens with zero attached hydrogens (tertiary/aromatic N) is 3. The standard InChI is InChI=1S/C32H39N5O4/c1-21-6-8-24(9-7-21)37-29(22-13-16-36(17-14-22)31(39)41-32(2,3)4)27(20-35-37)30(38)33-15-12-23-19-34-28-11-10-25(40-5)18-26(23)28/h6-11,18-20,22,34H,12-17H2,1-5H3,(H,33,38). The predicted molar refractivity (Wildman–Crippen MR) is 159 cm³/mol. The first-order chi connectivity index (χ1) is 19.6. The van der Waals surface area contributed by atoms with Gasteiger partial charge in [0.25, 0.3) is 5.91 Å². The number of benzene rings is 2. The number of amides is 2. The lowest BCUT2D eigenvalue weighted by Gasteiger charge is -2.34. The zero-order valence-electron chi connectivity index (χ0n) is 24.5. The molecule has 0 atom stereocenters. The second kappa shape index (κ2) is 11.7. The third-order valence-corrected chi connectivity index (χ3v) is 7.52. The number of carbonyl (C=O) groups is 2. The van der Waals surface area contributed by atoms with Gasteiger partial charge in [-0.3, -0.25) is 4.79 Å². The average Bonchev–Trinajstić information content (AvgIpc) is 3.57. The third kappa shape index (κ3) is 6.39. The maximum atomic E-state index is 13.6. The van der Waals surface area contributed by atoms with Crippen molar-refractivity contribution in [2.45, 2.75) is 58.5 Å². The number of aryl methyl sites for hydroxylation is 1. The number of aromatic amines is 1. The number of fused-ring (bicyclic) bond motifs is 1. The maximum Gasteiger partial charge on any atom is 0.410 e.